The number of rotatable bonds is 6. The van der Waals surface area contributed by atoms with Crippen molar-refractivity contribution >= 4 is 23.1 Å². The minimum atomic E-state index is -0.400. The van der Waals surface area contributed by atoms with E-state index in [1.165, 1.54) is 30.3 Å². The highest BCUT2D eigenvalue weighted by Crippen LogP contribution is 2.24. The molecule has 0 aliphatic heterocycles. The molecule has 0 saturated carbocycles. The summed E-state index contributed by atoms with van der Waals surface area (Å²) in [5.41, 5.74) is 7.13. The fourth-order valence-corrected chi connectivity index (χ4v) is 2.04. The van der Waals surface area contributed by atoms with Crippen LogP contribution >= 0.6 is 0 Å². The predicted octanol–water partition coefficient (Wildman–Crippen LogP) is 3.26. The van der Waals surface area contributed by atoms with Gasteiger partial charge in [0.05, 0.1) is 5.69 Å². The SMILES string of the molecule is CC(C)C(=O)c1ccc(OCC(=O)Nc2ccc(F)cc2)c(N)c1. The van der Waals surface area contributed by atoms with Crippen molar-refractivity contribution in [2.24, 2.45) is 5.92 Å². The minimum absolute atomic E-state index is 0.0118. The molecule has 5 nitrogen and oxygen atoms in total. The Hall–Kier alpha value is -2.89. The van der Waals surface area contributed by atoms with Gasteiger partial charge in [-0.25, -0.2) is 4.39 Å². The molecule has 0 aliphatic carbocycles. The topological polar surface area (TPSA) is 81.4 Å². The maximum Gasteiger partial charge on any atom is 0.262 e. The number of carbonyl (C=O) groups excluding carboxylic acids is 2. The van der Waals surface area contributed by atoms with Crippen molar-refractivity contribution in [3.63, 3.8) is 0 Å². The lowest BCUT2D eigenvalue weighted by Crippen LogP contribution is -2.20. The van der Waals surface area contributed by atoms with Crippen LogP contribution in [0.3, 0.4) is 0 Å². The Balaban J connectivity index is 1.95. The summed E-state index contributed by atoms with van der Waals surface area (Å²) in [6, 6.07) is 10.1. The molecule has 6 heteroatoms. The van der Waals surface area contributed by atoms with Gasteiger partial charge in [-0.1, -0.05) is 13.8 Å². The Kier molecular flexibility index (Phi) is 5.52. The van der Waals surface area contributed by atoms with E-state index in [1.807, 2.05) is 13.8 Å². The van der Waals surface area contributed by atoms with Gasteiger partial charge in [0.1, 0.15) is 11.6 Å². The average Bonchev–Trinajstić information content (AvgIpc) is 2.55. The predicted molar refractivity (Wildman–Crippen MR) is 90.5 cm³/mol. The number of nitrogens with one attached hydrogen (secondary N) is 1. The number of halogens is 1. The molecule has 0 atom stereocenters. The number of ether oxygens (including phenoxy) is 1. The highest BCUT2D eigenvalue weighted by atomic mass is 19.1. The number of nitrogen functional groups attached to an aromatic ring is 1. The van der Waals surface area contributed by atoms with Crippen LogP contribution in [-0.4, -0.2) is 18.3 Å². The second-order valence-corrected chi connectivity index (χ2v) is 5.62. The number of carbonyl (C=O) groups is 2. The van der Waals surface area contributed by atoms with E-state index in [0.29, 0.717) is 17.0 Å². The third-order valence-electron chi connectivity index (χ3n) is 3.31. The summed E-state index contributed by atoms with van der Waals surface area (Å²) in [7, 11) is 0. The van der Waals surface area contributed by atoms with Crippen molar-refractivity contribution in [2.45, 2.75) is 13.8 Å². The summed E-state index contributed by atoms with van der Waals surface area (Å²) in [5.74, 6) is -0.596. The molecule has 0 unspecified atom stereocenters. The lowest BCUT2D eigenvalue weighted by atomic mass is 10.0. The van der Waals surface area contributed by atoms with Gasteiger partial charge in [0.25, 0.3) is 5.91 Å². The number of Topliss-reactive ketones (excluding diaryl/α,β-unsaturated/α-hetero) is 1. The van der Waals surface area contributed by atoms with Gasteiger partial charge in [0.15, 0.2) is 12.4 Å². The smallest absolute Gasteiger partial charge is 0.262 e. The van der Waals surface area contributed by atoms with Gasteiger partial charge in [0.2, 0.25) is 0 Å². The molecule has 0 spiro atoms. The summed E-state index contributed by atoms with van der Waals surface area (Å²) < 4.78 is 18.2. The van der Waals surface area contributed by atoms with Crippen molar-refractivity contribution in [1.82, 2.24) is 0 Å². The summed E-state index contributed by atoms with van der Waals surface area (Å²) in [6.07, 6.45) is 0. The molecule has 2 aromatic carbocycles. The van der Waals surface area contributed by atoms with E-state index in [-0.39, 0.29) is 29.8 Å². The first kappa shape index (κ1) is 17.5. The molecule has 126 valence electrons. The Morgan fingerprint density at radius 2 is 1.83 bits per heavy atom. The van der Waals surface area contributed by atoms with Gasteiger partial charge >= 0.3 is 0 Å². The second-order valence-electron chi connectivity index (χ2n) is 5.62. The third-order valence-corrected chi connectivity index (χ3v) is 3.31. The van der Waals surface area contributed by atoms with Gasteiger partial charge < -0.3 is 15.8 Å². The van der Waals surface area contributed by atoms with Gasteiger partial charge in [-0.05, 0) is 42.5 Å². The van der Waals surface area contributed by atoms with E-state index in [0.717, 1.165) is 0 Å². The molecule has 24 heavy (non-hydrogen) atoms. The molecule has 3 N–H and O–H groups in total. The van der Waals surface area contributed by atoms with Crippen molar-refractivity contribution in [1.29, 1.82) is 0 Å². The van der Waals surface area contributed by atoms with Gasteiger partial charge in [-0.3, -0.25) is 9.59 Å². The monoisotopic (exact) mass is 330 g/mol. The average molecular weight is 330 g/mol. The number of ketones is 1. The van der Waals surface area contributed by atoms with Crippen molar-refractivity contribution in [2.75, 3.05) is 17.7 Å². The van der Waals surface area contributed by atoms with E-state index in [4.69, 9.17) is 10.5 Å². The number of nitrogens with two attached hydrogens (primary N) is 1. The molecule has 0 saturated heterocycles. The number of hydrogen-bond acceptors (Lipinski definition) is 4. The molecule has 0 aliphatic rings. The van der Waals surface area contributed by atoms with Crippen molar-refractivity contribution in [3.8, 4) is 5.75 Å². The van der Waals surface area contributed by atoms with Crippen LogP contribution in [0.15, 0.2) is 42.5 Å². The Bertz CT molecular complexity index is 742. The molecule has 0 fully saturated rings. The standard InChI is InChI=1S/C18H19FN2O3/c1-11(2)18(23)12-3-8-16(15(20)9-12)24-10-17(22)21-14-6-4-13(19)5-7-14/h3-9,11H,10,20H2,1-2H3,(H,21,22). The number of amides is 1. The van der Waals surface area contributed by atoms with Gasteiger partial charge in [-0.2, -0.15) is 0 Å². The van der Waals surface area contributed by atoms with E-state index in [1.54, 1.807) is 12.1 Å². The number of anilines is 2. The van der Waals surface area contributed by atoms with E-state index < -0.39 is 5.91 Å². The molecule has 0 radical (unpaired) electrons. The quantitative estimate of drug-likeness (QED) is 0.629. The summed E-state index contributed by atoms with van der Waals surface area (Å²) >= 11 is 0. The van der Waals surface area contributed by atoms with Crippen LogP contribution < -0.4 is 15.8 Å². The van der Waals surface area contributed by atoms with Crippen molar-refractivity contribution in [3.05, 3.63) is 53.8 Å². The van der Waals surface area contributed by atoms with Crippen LogP contribution in [0.25, 0.3) is 0 Å². The fourth-order valence-electron chi connectivity index (χ4n) is 2.04. The lowest BCUT2D eigenvalue weighted by molar-refractivity contribution is -0.118. The molecular weight excluding hydrogens is 311 g/mol. The first-order chi connectivity index (χ1) is 11.4. The Labute approximate surface area is 139 Å². The summed E-state index contributed by atoms with van der Waals surface area (Å²) in [4.78, 5) is 23.7. The van der Waals surface area contributed by atoms with Crippen LogP contribution in [0.1, 0.15) is 24.2 Å². The second kappa shape index (κ2) is 7.59. The fraction of sp³-hybridized carbons (Fsp3) is 0.222. The first-order valence-corrected chi connectivity index (χ1v) is 7.49. The zero-order valence-corrected chi connectivity index (χ0v) is 13.5. The molecule has 2 rings (SSSR count). The van der Waals surface area contributed by atoms with E-state index >= 15 is 0 Å². The van der Waals surface area contributed by atoms with Gasteiger partial charge in [-0.15, -0.1) is 0 Å². The zero-order valence-electron chi connectivity index (χ0n) is 13.5. The van der Waals surface area contributed by atoms with E-state index in [2.05, 4.69) is 5.32 Å². The summed E-state index contributed by atoms with van der Waals surface area (Å²) in [5, 5.41) is 2.58. The zero-order chi connectivity index (χ0) is 17.7. The highest BCUT2D eigenvalue weighted by Gasteiger charge is 2.13. The number of hydrogen-bond donors (Lipinski definition) is 2. The third kappa shape index (κ3) is 4.55. The molecule has 0 heterocycles. The van der Waals surface area contributed by atoms with Crippen LogP contribution in [-0.2, 0) is 4.79 Å². The molecule has 1 amide bonds. The van der Waals surface area contributed by atoms with Crippen LogP contribution in [0.4, 0.5) is 15.8 Å². The van der Waals surface area contributed by atoms with Crippen LogP contribution in [0.5, 0.6) is 5.75 Å². The largest absolute Gasteiger partial charge is 0.482 e. The van der Waals surface area contributed by atoms with Crippen LogP contribution in [0.2, 0.25) is 0 Å². The maximum absolute atomic E-state index is 12.8. The van der Waals surface area contributed by atoms with Crippen molar-refractivity contribution < 1.29 is 18.7 Å². The molecular formula is C18H19FN2O3. The Morgan fingerprint density at radius 3 is 2.42 bits per heavy atom. The summed E-state index contributed by atoms with van der Waals surface area (Å²) in [6.45, 7) is 3.37. The lowest BCUT2D eigenvalue weighted by Gasteiger charge is -2.11. The molecule has 2 aromatic rings. The molecule has 0 bridgehead atoms. The minimum Gasteiger partial charge on any atom is -0.482 e. The Morgan fingerprint density at radius 1 is 1.17 bits per heavy atom. The molecule has 0 aromatic heterocycles. The highest BCUT2D eigenvalue weighted by molar-refractivity contribution is 5.98. The van der Waals surface area contributed by atoms with Gasteiger partial charge in [0, 0.05) is 17.2 Å². The van der Waals surface area contributed by atoms with E-state index in [9.17, 15) is 14.0 Å². The number of benzene rings is 2. The first-order valence-electron chi connectivity index (χ1n) is 7.49. The maximum atomic E-state index is 12.8. The van der Waals surface area contributed by atoms with Crippen LogP contribution in [0, 0.1) is 11.7 Å². The normalized spacial score (nSPS) is 10.5.